The van der Waals surface area contributed by atoms with Gasteiger partial charge in [-0.2, -0.15) is 0 Å². The molecule has 18 heavy (non-hydrogen) atoms. The van der Waals surface area contributed by atoms with Gasteiger partial charge in [0.05, 0.1) is 0 Å². The molecule has 0 atom stereocenters. The van der Waals surface area contributed by atoms with Crippen molar-refractivity contribution in [1.29, 1.82) is 0 Å². The van der Waals surface area contributed by atoms with Crippen molar-refractivity contribution in [3.05, 3.63) is 41.1 Å². The van der Waals surface area contributed by atoms with Crippen molar-refractivity contribution in [3.63, 3.8) is 0 Å². The monoisotopic (exact) mass is 373 g/mol. The fourth-order valence-corrected chi connectivity index (χ4v) is 3.56. The van der Waals surface area contributed by atoms with E-state index in [4.69, 9.17) is 5.11 Å². The molecule has 1 aromatic carbocycles. The fourth-order valence-electron chi connectivity index (χ4n) is 1.21. The Morgan fingerprint density at radius 3 is 2.72 bits per heavy atom. The normalized spacial score (nSPS) is 10.1. The first-order valence-electron chi connectivity index (χ1n) is 4.90. The van der Waals surface area contributed by atoms with Crippen LogP contribution in [0.2, 0.25) is 0 Å². The third kappa shape index (κ3) is 3.53. The molecule has 2 rings (SSSR count). The number of amides is 1. The molecule has 0 spiro atoms. The van der Waals surface area contributed by atoms with Crippen LogP contribution in [0.15, 0.2) is 41.1 Å². The van der Waals surface area contributed by atoms with E-state index in [-0.39, 0.29) is 20.8 Å². The van der Waals surface area contributed by atoms with Crippen molar-refractivity contribution in [2.24, 2.45) is 0 Å². The van der Waals surface area contributed by atoms with E-state index in [1.807, 2.05) is 30.3 Å². The van der Waals surface area contributed by atoms with Gasteiger partial charge >= 0.3 is 118 Å². The molecule has 0 aliphatic rings. The van der Waals surface area contributed by atoms with E-state index in [9.17, 15) is 4.79 Å². The van der Waals surface area contributed by atoms with Crippen LogP contribution in [0.4, 0.5) is 10.6 Å². The second-order valence-corrected chi connectivity index (χ2v) is 6.23. The summed E-state index contributed by atoms with van der Waals surface area (Å²) >= 11 is 3.14. The number of halogens is 1. The summed E-state index contributed by atoms with van der Waals surface area (Å²) in [7, 11) is 0. The van der Waals surface area contributed by atoms with Crippen LogP contribution >= 0.6 is 15.9 Å². The first-order chi connectivity index (χ1) is 8.65. The molecular formula is C11H8BrN3O2Se. The van der Waals surface area contributed by atoms with Gasteiger partial charge in [-0.15, -0.1) is 0 Å². The van der Waals surface area contributed by atoms with Crippen LogP contribution in [-0.4, -0.2) is 36.1 Å². The van der Waals surface area contributed by atoms with Gasteiger partial charge in [0.2, 0.25) is 0 Å². The van der Waals surface area contributed by atoms with Crippen LogP contribution < -0.4 is 14.4 Å². The Kier molecular flexibility index (Phi) is 4.30. The minimum atomic E-state index is -1.14. The first kappa shape index (κ1) is 13.0. The molecule has 1 amide bonds. The second kappa shape index (κ2) is 5.95. The number of aromatic nitrogens is 2. The SMILES string of the molecule is O=C(O)Nc1ncc(Br)nc1[Se]c1ccccc1. The van der Waals surface area contributed by atoms with Crippen molar-refractivity contribution in [3.8, 4) is 0 Å². The van der Waals surface area contributed by atoms with Gasteiger partial charge in [-0.3, -0.25) is 0 Å². The van der Waals surface area contributed by atoms with Crippen LogP contribution in [0.25, 0.3) is 0 Å². The van der Waals surface area contributed by atoms with Gasteiger partial charge in [-0.25, -0.2) is 0 Å². The Morgan fingerprint density at radius 1 is 1.33 bits per heavy atom. The third-order valence-electron chi connectivity index (χ3n) is 1.89. The van der Waals surface area contributed by atoms with Gasteiger partial charge in [0, 0.05) is 0 Å². The molecule has 1 heterocycles. The van der Waals surface area contributed by atoms with Crippen molar-refractivity contribution in [2.75, 3.05) is 5.32 Å². The second-order valence-electron chi connectivity index (χ2n) is 3.19. The summed E-state index contributed by atoms with van der Waals surface area (Å²) in [5.74, 6) is 0.287. The molecule has 0 unspecified atom stereocenters. The number of benzene rings is 1. The summed E-state index contributed by atoms with van der Waals surface area (Å²) in [5.41, 5.74) is 0. The van der Waals surface area contributed by atoms with E-state index >= 15 is 0 Å². The molecule has 1 aromatic heterocycles. The Labute approximate surface area is 118 Å². The molecule has 0 saturated heterocycles. The van der Waals surface area contributed by atoms with E-state index in [1.165, 1.54) is 6.20 Å². The average molecular weight is 373 g/mol. The quantitative estimate of drug-likeness (QED) is 0.787. The molecule has 0 aliphatic carbocycles. The maximum absolute atomic E-state index is 10.7. The van der Waals surface area contributed by atoms with E-state index in [0.717, 1.165) is 4.46 Å². The fraction of sp³-hybridized carbons (Fsp3) is 0. The van der Waals surface area contributed by atoms with Crippen LogP contribution in [0, 0.1) is 0 Å². The van der Waals surface area contributed by atoms with Crippen molar-refractivity contribution < 1.29 is 9.90 Å². The van der Waals surface area contributed by atoms with Gasteiger partial charge in [0.25, 0.3) is 0 Å². The van der Waals surface area contributed by atoms with E-state index < -0.39 is 6.09 Å². The summed E-state index contributed by atoms with van der Waals surface area (Å²) in [6.07, 6.45) is 0.326. The molecule has 2 N–H and O–H groups in total. The number of anilines is 1. The van der Waals surface area contributed by atoms with Gasteiger partial charge in [0.15, 0.2) is 0 Å². The van der Waals surface area contributed by atoms with Gasteiger partial charge in [0.1, 0.15) is 0 Å². The Bertz CT molecular complexity index is 565. The summed E-state index contributed by atoms with van der Waals surface area (Å²) < 4.78 is 2.34. The molecule has 2 aromatic rings. The number of carbonyl (C=O) groups is 1. The minimum absolute atomic E-state index is 0.101. The average Bonchev–Trinajstić information content (AvgIpc) is 2.33. The standard InChI is InChI=1S/C11H8BrN3O2Se/c12-8-6-13-9(15-11(16)17)10(14-8)18-7-4-2-1-3-5-7/h1-6H,(H,13,15)(H,16,17). The Morgan fingerprint density at radius 2 is 2.06 bits per heavy atom. The predicted molar refractivity (Wildman–Crippen MR) is 72.8 cm³/mol. The number of hydrogen-bond donors (Lipinski definition) is 2. The zero-order valence-corrected chi connectivity index (χ0v) is 12.3. The number of nitrogens with zero attached hydrogens (tertiary/aromatic N) is 2. The van der Waals surface area contributed by atoms with E-state index in [1.54, 1.807) is 0 Å². The van der Waals surface area contributed by atoms with Crippen LogP contribution in [-0.2, 0) is 0 Å². The molecule has 7 heteroatoms. The molecule has 0 aliphatic heterocycles. The van der Waals surface area contributed by atoms with Crippen LogP contribution in [0.3, 0.4) is 0 Å². The summed E-state index contributed by atoms with van der Waals surface area (Å²) in [5, 5.41) is 11.0. The molecule has 0 radical (unpaired) electrons. The van der Waals surface area contributed by atoms with E-state index in [2.05, 4.69) is 31.2 Å². The number of carboxylic acid groups (broad SMARTS) is 1. The third-order valence-corrected chi connectivity index (χ3v) is 4.34. The van der Waals surface area contributed by atoms with E-state index in [0.29, 0.717) is 9.20 Å². The number of rotatable bonds is 3. The molecule has 92 valence electrons. The van der Waals surface area contributed by atoms with Crippen molar-refractivity contribution >= 4 is 51.9 Å². The van der Waals surface area contributed by atoms with Crippen LogP contribution in [0.1, 0.15) is 0 Å². The number of hydrogen-bond acceptors (Lipinski definition) is 3. The summed E-state index contributed by atoms with van der Waals surface area (Å²) in [4.78, 5) is 19.0. The molecular weight excluding hydrogens is 365 g/mol. The molecule has 0 saturated carbocycles. The Hall–Kier alpha value is -1.43. The molecule has 0 fully saturated rings. The maximum atomic E-state index is 10.7. The van der Waals surface area contributed by atoms with Gasteiger partial charge in [-0.05, 0) is 0 Å². The summed E-state index contributed by atoms with van der Waals surface area (Å²) in [6.45, 7) is 0. The van der Waals surface area contributed by atoms with Gasteiger partial charge in [-0.1, -0.05) is 0 Å². The van der Waals surface area contributed by atoms with Crippen LogP contribution in [0.5, 0.6) is 0 Å². The summed E-state index contributed by atoms with van der Waals surface area (Å²) in [6, 6.07) is 9.77. The predicted octanol–water partition coefficient (Wildman–Crippen LogP) is 0.984. The zero-order valence-electron chi connectivity index (χ0n) is 9.00. The molecule has 0 bridgehead atoms. The topological polar surface area (TPSA) is 75.1 Å². The first-order valence-corrected chi connectivity index (χ1v) is 7.41. The zero-order chi connectivity index (χ0) is 13.0. The van der Waals surface area contributed by atoms with Crippen molar-refractivity contribution in [1.82, 2.24) is 9.97 Å². The van der Waals surface area contributed by atoms with Crippen molar-refractivity contribution in [2.45, 2.75) is 0 Å². The van der Waals surface area contributed by atoms with Gasteiger partial charge < -0.3 is 0 Å². The Balaban J connectivity index is 2.30. The molecule has 5 nitrogen and oxygen atoms in total. The number of nitrogens with one attached hydrogen (secondary N) is 1.